The van der Waals surface area contributed by atoms with Gasteiger partial charge >= 0.3 is 0 Å². The molecule has 0 spiro atoms. The van der Waals surface area contributed by atoms with Gasteiger partial charge in [-0.25, -0.2) is 4.98 Å². The summed E-state index contributed by atoms with van der Waals surface area (Å²) in [4.78, 5) is 8.53. The van der Waals surface area contributed by atoms with E-state index in [4.69, 9.17) is 4.98 Å². The average molecular weight is 316 g/mol. The average Bonchev–Trinajstić information content (AvgIpc) is 2.80. The summed E-state index contributed by atoms with van der Waals surface area (Å²) in [6.07, 6.45) is 2.15. The summed E-state index contributed by atoms with van der Waals surface area (Å²) in [6, 6.07) is 0. The van der Waals surface area contributed by atoms with Crippen molar-refractivity contribution in [3.63, 3.8) is 0 Å². The smallest absolute Gasteiger partial charge is 0.185 e. The molecule has 0 fully saturated rings. The van der Waals surface area contributed by atoms with Gasteiger partial charge in [0.05, 0.1) is 5.69 Å². The normalized spacial score (nSPS) is 11.6. The lowest BCUT2D eigenvalue weighted by Gasteiger charge is -2.14. The minimum Gasteiger partial charge on any atom is -0.350 e. The van der Waals surface area contributed by atoms with Gasteiger partial charge in [-0.15, -0.1) is 11.3 Å². The van der Waals surface area contributed by atoms with Crippen LogP contribution in [0.4, 0.5) is 5.13 Å². The Morgan fingerprint density at radius 3 is 2.55 bits per heavy atom. The number of nitrogens with zero attached hydrogens (tertiary/aromatic N) is 2. The number of anilines is 1. The largest absolute Gasteiger partial charge is 0.350 e. The second-order valence-corrected chi connectivity index (χ2v) is 7.95. The molecular formula is C15H29N3S2. The quantitative estimate of drug-likeness (QED) is 0.750. The Morgan fingerprint density at radius 1 is 1.30 bits per heavy atom. The van der Waals surface area contributed by atoms with Crippen molar-refractivity contribution < 1.29 is 0 Å². The van der Waals surface area contributed by atoms with Gasteiger partial charge in [-0.1, -0.05) is 27.7 Å². The summed E-state index contributed by atoms with van der Waals surface area (Å²) in [5.41, 5.74) is 1.26. The topological polar surface area (TPSA) is 28.2 Å². The molecule has 0 aliphatic rings. The van der Waals surface area contributed by atoms with Gasteiger partial charge in [-0.2, -0.15) is 11.8 Å². The third-order valence-electron chi connectivity index (χ3n) is 3.06. The zero-order valence-corrected chi connectivity index (χ0v) is 15.3. The van der Waals surface area contributed by atoms with E-state index in [1.807, 2.05) is 23.1 Å². The maximum atomic E-state index is 4.86. The number of thioether (sulfide) groups is 1. The third kappa shape index (κ3) is 5.62. The fraction of sp³-hybridized carbons (Fsp3) is 0.800. The molecule has 0 atom stereocenters. The first-order valence-corrected chi connectivity index (χ1v) is 9.57. The Morgan fingerprint density at radius 2 is 2.00 bits per heavy atom. The van der Waals surface area contributed by atoms with Crippen molar-refractivity contribution in [1.29, 1.82) is 0 Å². The molecule has 0 saturated heterocycles. The molecular weight excluding hydrogens is 286 g/mol. The van der Waals surface area contributed by atoms with Crippen LogP contribution in [-0.2, 0) is 6.54 Å². The van der Waals surface area contributed by atoms with Gasteiger partial charge < -0.3 is 10.2 Å². The van der Waals surface area contributed by atoms with Gasteiger partial charge in [0.2, 0.25) is 0 Å². The molecule has 1 rings (SSSR count). The second-order valence-electron chi connectivity index (χ2n) is 5.90. The van der Waals surface area contributed by atoms with Crippen molar-refractivity contribution in [3.8, 4) is 0 Å². The van der Waals surface area contributed by atoms with Crippen LogP contribution in [0.5, 0.6) is 0 Å². The minimum absolute atomic E-state index is 0.491. The van der Waals surface area contributed by atoms with Crippen LogP contribution in [0.3, 0.4) is 0 Å². The van der Waals surface area contributed by atoms with Crippen molar-refractivity contribution in [1.82, 2.24) is 10.3 Å². The van der Waals surface area contributed by atoms with E-state index >= 15 is 0 Å². The maximum Gasteiger partial charge on any atom is 0.185 e. The Balaban J connectivity index is 2.73. The summed E-state index contributed by atoms with van der Waals surface area (Å²) in [7, 11) is 2.14. The predicted molar refractivity (Wildman–Crippen MR) is 94.4 cm³/mol. The molecule has 0 unspecified atom stereocenters. The molecule has 3 nitrogen and oxygen atoms in total. The first-order valence-electron chi connectivity index (χ1n) is 7.36. The highest BCUT2D eigenvalue weighted by Gasteiger charge is 2.16. The Hall–Kier alpha value is -0.260. The SMILES string of the molecule is CSCCN(C)c1nc(C(C)C)c(CNCC(C)C)s1. The van der Waals surface area contributed by atoms with Crippen LogP contribution >= 0.6 is 23.1 Å². The van der Waals surface area contributed by atoms with Gasteiger partial charge in [0.1, 0.15) is 0 Å². The second kappa shape index (κ2) is 8.90. The number of aromatic nitrogens is 1. The van der Waals surface area contributed by atoms with Crippen molar-refractivity contribution in [2.75, 3.05) is 37.0 Å². The van der Waals surface area contributed by atoms with Crippen molar-refractivity contribution in [2.24, 2.45) is 5.92 Å². The molecule has 1 aromatic rings. The minimum atomic E-state index is 0.491. The van der Waals surface area contributed by atoms with Crippen molar-refractivity contribution in [2.45, 2.75) is 40.2 Å². The van der Waals surface area contributed by atoms with Crippen LogP contribution in [0.2, 0.25) is 0 Å². The molecule has 0 amide bonds. The lowest BCUT2D eigenvalue weighted by Crippen LogP contribution is -2.19. The number of thiazole rings is 1. The molecule has 20 heavy (non-hydrogen) atoms. The Kier molecular flexibility index (Phi) is 7.92. The van der Waals surface area contributed by atoms with Gasteiger partial charge in [0.15, 0.2) is 5.13 Å². The van der Waals surface area contributed by atoms with Gasteiger partial charge in [0.25, 0.3) is 0 Å². The maximum absolute atomic E-state index is 4.86. The Labute approximate surface area is 132 Å². The molecule has 116 valence electrons. The van der Waals surface area contributed by atoms with Crippen LogP contribution in [0.1, 0.15) is 44.2 Å². The zero-order chi connectivity index (χ0) is 15.1. The summed E-state index contributed by atoms with van der Waals surface area (Å²) in [5, 5.41) is 4.70. The van der Waals surface area contributed by atoms with Crippen LogP contribution in [-0.4, -0.2) is 37.1 Å². The van der Waals surface area contributed by atoms with Crippen LogP contribution in [0.15, 0.2) is 0 Å². The molecule has 0 aliphatic heterocycles. The van der Waals surface area contributed by atoms with E-state index in [2.05, 4.69) is 51.2 Å². The predicted octanol–water partition coefficient (Wildman–Crippen LogP) is 3.81. The molecule has 0 aromatic carbocycles. The molecule has 0 aliphatic carbocycles. The molecule has 5 heteroatoms. The first-order chi connectivity index (χ1) is 9.45. The van der Waals surface area contributed by atoms with Gasteiger partial charge in [-0.05, 0) is 24.6 Å². The summed E-state index contributed by atoms with van der Waals surface area (Å²) >= 11 is 3.72. The highest BCUT2D eigenvalue weighted by molar-refractivity contribution is 7.98. The van der Waals surface area contributed by atoms with Crippen molar-refractivity contribution >= 4 is 28.2 Å². The van der Waals surface area contributed by atoms with Gasteiger partial charge in [-0.3, -0.25) is 0 Å². The molecule has 1 N–H and O–H groups in total. The molecule has 1 heterocycles. The summed E-state index contributed by atoms with van der Waals surface area (Å²) in [5.74, 6) is 2.33. The van der Waals surface area contributed by atoms with E-state index in [-0.39, 0.29) is 0 Å². The first kappa shape index (κ1) is 17.8. The molecule has 0 radical (unpaired) electrons. The van der Waals surface area contributed by atoms with E-state index in [0.29, 0.717) is 11.8 Å². The number of hydrogen-bond acceptors (Lipinski definition) is 5. The fourth-order valence-electron chi connectivity index (χ4n) is 1.89. The highest BCUT2D eigenvalue weighted by Crippen LogP contribution is 2.30. The van der Waals surface area contributed by atoms with Crippen LogP contribution in [0, 0.1) is 5.92 Å². The van der Waals surface area contributed by atoms with E-state index in [1.54, 1.807) is 0 Å². The summed E-state index contributed by atoms with van der Waals surface area (Å²) in [6.45, 7) is 12.0. The molecule has 1 aromatic heterocycles. The van der Waals surface area contributed by atoms with Gasteiger partial charge in [0, 0.05) is 30.8 Å². The van der Waals surface area contributed by atoms with Crippen LogP contribution in [0.25, 0.3) is 0 Å². The monoisotopic (exact) mass is 315 g/mol. The lowest BCUT2D eigenvalue weighted by molar-refractivity contribution is 0.552. The molecule has 0 bridgehead atoms. The third-order valence-corrected chi connectivity index (χ3v) is 4.83. The van der Waals surface area contributed by atoms with E-state index in [0.717, 1.165) is 30.5 Å². The zero-order valence-electron chi connectivity index (χ0n) is 13.7. The van der Waals surface area contributed by atoms with E-state index in [1.165, 1.54) is 10.6 Å². The Bertz CT molecular complexity index is 388. The van der Waals surface area contributed by atoms with Crippen LogP contribution < -0.4 is 10.2 Å². The molecule has 0 saturated carbocycles. The standard InChI is InChI=1S/C15H29N3S2/c1-11(2)9-16-10-13-14(12(3)4)17-15(20-13)18(5)7-8-19-6/h11-12,16H,7-10H2,1-6H3. The fourth-order valence-corrected chi connectivity index (χ4v) is 3.52. The highest BCUT2D eigenvalue weighted by atomic mass is 32.2. The number of hydrogen-bond donors (Lipinski definition) is 1. The van der Waals surface area contributed by atoms with E-state index < -0.39 is 0 Å². The number of nitrogens with one attached hydrogen (secondary N) is 1. The summed E-state index contributed by atoms with van der Waals surface area (Å²) < 4.78 is 0. The lowest BCUT2D eigenvalue weighted by atomic mass is 10.1. The van der Waals surface area contributed by atoms with Crippen molar-refractivity contribution in [3.05, 3.63) is 10.6 Å². The van der Waals surface area contributed by atoms with E-state index in [9.17, 15) is 0 Å². The number of rotatable bonds is 9.